The van der Waals surface area contributed by atoms with Gasteiger partial charge in [0.05, 0.1) is 16.7 Å². The lowest BCUT2D eigenvalue weighted by Crippen LogP contribution is -2.26. The fraction of sp³-hybridized carbons (Fsp3) is 0.417. The van der Waals surface area contributed by atoms with E-state index in [1.165, 1.54) is 26.4 Å². The van der Waals surface area contributed by atoms with Gasteiger partial charge in [0.25, 0.3) is 0 Å². The largest absolute Gasteiger partial charge is 0.416 e. The SMILES string of the molecule is CCCCN(CCC(O)c1cc2ccc(C(F)(F)F)cc2c2cc(Cl)cc(Cl)c12)P(=O)(OC)OC. The lowest BCUT2D eigenvalue weighted by molar-refractivity contribution is -0.137. The number of aliphatic hydroxyl groups is 1. The summed E-state index contributed by atoms with van der Waals surface area (Å²) < 4.78 is 64.9. The standard InChI is InChI=1S/C24H27Cl2F3NO4P/c1-4-5-9-30(35(32,33-2)34-3)10-8-22(31)20-11-15-6-7-16(24(27,28)29)12-18(15)19-13-17(25)14-21(26)23(19)20/h6-7,11-14,22,31H,4-5,8-10H2,1-3H3. The van der Waals surface area contributed by atoms with E-state index in [2.05, 4.69) is 0 Å². The zero-order valence-corrected chi connectivity index (χ0v) is 21.9. The van der Waals surface area contributed by atoms with Crippen LogP contribution in [-0.4, -0.2) is 37.1 Å². The molecule has 0 saturated carbocycles. The Kier molecular flexibility index (Phi) is 9.14. The maximum atomic E-state index is 13.4. The minimum atomic E-state index is -4.51. The summed E-state index contributed by atoms with van der Waals surface area (Å²) in [6, 6.07) is 8.07. The second-order valence-electron chi connectivity index (χ2n) is 8.16. The van der Waals surface area contributed by atoms with Crippen molar-refractivity contribution in [2.24, 2.45) is 0 Å². The fourth-order valence-electron chi connectivity index (χ4n) is 4.10. The summed E-state index contributed by atoms with van der Waals surface area (Å²) in [4.78, 5) is 0. The van der Waals surface area contributed by atoms with Crippen molar-refractivity contribution in [1.82, 2.24) is 4.67 Å². The molecule has 0 bridgehead atoms. The summed E-state index contributed by atoms with van der Waals surface area (Å²) >= 11 is 12.7. The lowest BCUT2D eigenvalue weighted by Gasteiger charge is -2.29. The molecule has 0 aliphatic heterocycles. The van der Waals surface area contributed by atoms with Gasteiger partial charge in [-0.05, 0) is 64.9 Å². The number of hydrogen-bond acceptors (Lipinski definition) is 4. The van der Waals surface area contributed by atoms with Gasteiger partial charge in [0, 0.05) is 37.7 Å². The van der Waals surface area contributed by atoms with E-state index in [0.717, 1.165) is 25.0 Å². The van der Waals surface area contributed by atoms with Crippen molar-refractivity contribution in [3.63, 3.8) is 0 Å². The summed E-state index contributed by atoms with van der Waals surface area (Å²) in [6.07, 6.45) is -3.82. The Labute approximate surface area is 212 Å². The van der Waals surface area contributed by atoms with Gasteiger partial charge in [-0.2, -0.15) is 13.2 Å². The van der Waals surface area contributed by atoms with Crippen LogP contribution in [-0.2, 0) is 19.8 Å². The molecule has 0 aliphatic carbocycles. The van der Waals surface area contributed by atoms with Crippen molar-refractivity contribution < 1.29 is 31.9 Å². The Hall–Kier alpha value is -1.38. The van der Waals surface area contributed by atoms with Crippen molar-refractivity contribution in [2.45, 2.75) is 38.5 Å². The minimum Gasteiger partial charge on any atom is -0.388 e. The molecule has 3 aromatic rings. The predicted molar refractivity (Wildman–Crippen MR) is 134 cm³/mol. The molecular formula is C24H27Cl2F3NO4P. The van der Waals surface area contributed by atoms with Crippen LogP contribution in [0.2, 0.25) is 10.0 Å². The van der Waals surface area contributed by atoms with Crippen molar-refractivity contribution in [3.8, 4) is 0 Å². The number of nitrogens with zero attached hydrogens (tertiary/aromatic N) is 1. The molecule has 3 rings (SSSR count). The number of rotatable bonds is 10. The first-order valence-corrected chi connectivity index (χ1v) is 13.3. The second kappa shape index (κ2) is 11.3. The second-order valence-corrected chi connectivity index (χ2v) is 11.2. The topological polar surface area (TPSA) is 59.0 Å². The third-order valence-corrected chi connectivity index (χ3v) is 8.45. The summed E-state index contributed by atoms with van der Waals surface area (Å²) in [6.45, 7) is 2.63. The highest BCUT2D eigenvalue weighted by molar-refractivity contribution is 7.51. The Morgan fingerprint density at radius 3 is 2.34 bits per heavy atom. The molecule has 35 heavy (non-hydrogen) atoms. The summed E-state index contributed by atoms with van der Waals surface area (Å²) in [5.41, 5.74) is -0.355. The summed E-state index contributed by atoms with van der Waals surface area (Å²) in [5.74, 6) is 0. The molecule has 0 radical (unpaired) electrons. The number of hydrogen-bond donors (Lipinski definition) is 1. The first-order chi connectivity index (χ1) is 16.4. The van der Waals surface area contributed by atoms with Crippen molar-refractivity contribution >= 4 is 52.5 Å². The Balaban J connectivity index is 2.08. The Bertz CT molecular complexity index is 1250. The normalized spacial score (nSPS) is 13.8. The molecule has 11 heteroatoms. The van der Waals surface area contributed by atoms with Crippen LogP contribution in [0.15, 0.2) is 36.4 Å². The third kappa shape index (κ3) is 6.13. The van der Waals surface area contributed by atoms with Crippen molar-refractivity contribution in [1.29, 1.82) is 0 Å². The van der Waals surface area contributed by atoms with Crippen LogP contribution in [0.4, 0.5) is 13.2 Å². The highest BCUT2D eigenvalue weighted by Crippen LogP contribution is 2.51. The van der Waals surface area contributed by atoms with Crippen molar-refractivity contribution in [3.05, 3.63) is 57.6 Å². The van der Waals surface area contributed by atoms with E-state index in [1.807, 2.05) is 6.92 Å². The van der Waals surface area contributed by atoms with Crippen LogP contribution >= 0.6 is 30.9 Å². The average molecular weight is 552 g/mol. The highest BCUT2D eigenvalue weighted by atomic mass is 35.5. The van der Waals surface area contributed by atoms with E-state index in [0.29, 0.717) is 33.7 Å². The summed E-state index contributed by atoms with van der Waals surface area (Å²) in [7, 11) is -0.920. The van der Waals surface area contributed by atoms with E-state index >= 15 is 0 Å². The maximum absolute atomic E-state index is 13.4. The fourth-order valence-corrected chi connectivity index (χ4v) is 6.06. The van der Waals surface area contributed by atoms with Gasteiger partial charge in [-0.1, -0.05) is 42.6 Å². The average Bonchev–Trinajstić information content (AvgIpc) is 2.81. The molecule has 0 aromatic heterocycles. The van der Waals surface area contributed by atoms with E-state index in [-0.39, 0.29) is 23.0 Å². The number of halogens is 5. The Morgan fingerprint density at radius 1 is 1.06 bits per heavy atom. The smallest absolute Gasteiger partial charge is 0.388 e. The van der Waals surface area contributed by atoms with Crippen molar-refractivity contribution in [2.75, 3.05) is 27.3 Å². The van der Waals surface area contributed by atoms with Crippen LogP contribution in [0, 0.1) is 0 Å². The van der Waals surface area contributed by atoms with E-state index in [1.54, 1.807) is 16.8 Å². The van der Waals surface area contributed by atoms with Gasteiger partial charge in [0.15, 0.2) is 0 Å². The Morgan fingerprint density at radius 2 is 1.74 bits per heavy atom. The van der Waals surface area contributed by atoms with Crippen LogP contribution in [0.3, 0.4) is 0 Å². The molecule has 0 heterocycles. The lowest BCUT2D eigenvalue weighted by atomic mass is 9.92. The van der Waals surface area contributed by atoms with Crippen LogP contribution in [0.5, 0.6) is 0 Å². The van der Waals surface area contributed by atoms with Gasteiger partial charge in [-0.25, -0.2) is 9.24 Å². The molecule has 0 amide bonds. The molecule has 3 aromatic carbocycles. The van der Waals surface area contributed by atoms with Crippen LogP contribution in [0.25, 0.3) is 21.5 Å². The molecule has 1 atom stereocenters. The van der Waals surface area contributed by atoms with Gasteiger partial charge in [-0.3, -0.25) is 9.05 Å². The molecule has 192 valence electrons. The first-order valence-electron chi connectivity index (χ1n) is 11.0. The van der Waals surface area contributed by atoms with E-state index < -0.39 is 25.6 Å². The third-order valence-electron chi connectivity index (χ3n) is 5.92. The van der Waals surface area contributed by atoms with Crippen LogP contribution in [0.1, 0.15) is 43.4 Å². The zero-order valence-electron chi connectivity index (χ0n) is 19.5. The monoisotopic (exact) mass is 551 g/mol. The maximum Gasteiger partial charge on any atom is 0.416 e. The molecule has 0 fully saturated rings. The molecule has 0 spiro atoms. The van der Waals surface area contributed by atoms with E-state index in [9.17, 15) is 22.8 Å². The molecule has 5 nitrogen and oxygen atoms in total. The highest BCUT2D eigenvalue weighted by Gasteiger charge is 2.32. The quantitative estimate of drug-likeness (QED) is 0.203. The van der Waals surface area contributed by atoms with Gasteiger partial charge >= 0.3 is 13.9 Å². The van der Waals surface area contributed by atoms with E-state index in [4.69, 9.17) is 32.2 Å². The van der Waals surface area contributed by atoms with Gasteiger partial charge in [0.1, 0.15) is 0 Å². The number of alkyl halides is 3. The number of fused-ring (bicyclic) bond motifs is 3. The molecule has 0 saturated heterocycles. The molecule has 0 aliphatic rings. The minimum absolute atomic E-state index is 0.153. The van der Waals surface area contributed by atoms with Gasteiger partial charge in [-0.15, -0.1) is 0 Å². The van der Waals surface area contributed by atoms with Gasteiger partial charge in [0.2, 0.25) is 0 Å². The van der Waals surface area contributed by atoms with Gasteiger partial charge < -0.3 is 5.11 Å². The molecule has 1 unspecified atom stereocenters. The number of unbranched alkanes of at least 4 members (excludes halogenated alkanes) is 1. The first kappa shape index (κ1) is 28.2. The predicted octanol–water partition coefficient (Wildman–Crippen LogP) is 8.25. The molecule has 1 N–H and O–H groups in total. The summed E-state index contributed by atoms with van der Waals surface area (Å²) in [5, 5.41) is 13.3. The molecular weight excluding hydrogens is 525 g/mol. The number of aliphatic hydroxyl groups excluding tert-OH is 1. The number of benzene rings is 3. The van der Waals surface area contributed by atoms with Crippen LogP contribution < -0.4 is 0 Å². The zero-order chi connectivity index (χ0) is 26.0.